The zero-order valence-electron chi connectivity index (χ0n) is 10.1. The van der Waals surface area contributed by atoms with Gasteiger partial charge in [-0.3, -0.25) is 10.1 Å². The maximum atomic E-state index is 13.9. The van der Waals surface area contributed by atoms with Crippen LogP contribution in [-0.4, -0.2) is 22.2 Å². The van der Waals surface area contributed by atoms with Gasteiger partial charge in [0, 0.05) is 16.6 Å². The highest BCUT2D eigenvalue weighted by atomic mass is 79.9. The summed E-state index contributed by atoms with van der Waals surface area (Å²) in [5.74, 6) is -0.646. The van der Waals surface area contributed by atoms with Crippen molar-refractivity contribution >= 4 is 27.3 Å². The molecule has 7 heteroatoms. The third kappa shape index (κ3) is 3.42. The Hall–Kier alpha value is -1.21. The third-order valence-corrected chi connectivity index (χ3v) is 3.73. The second-order valence-electron chi connectivity index (χ2n) is 4.69. The van der Waals surface area contributed by atoms with E-state index in [0.29, 0.717) is 30.2 Å². The smallest absolute Gasteiger partial charge is 0.296 e. The van der Waals surface area contributed by atoms with Crippen molar-refractivity contribution in [3.05, 3.63) is 32.5 Å². The largest absolute Gasteiger partial charge is 0.393 e. The van der Waals surface area contributed by atoms with E-state index in [1.807, 2.05) is 0 Å². The topological polar surface area (TPSA) is 75.4 Å². The monoisotopic (exact) mass is 332 g/mol. The Morgan fingerprint density at radius 2 is 2.00 bits per heavy atom. The van der Waals surface area contributed by atoms with Gasteiger partial charge in [-0.15, -0.1) is 0 Å². The number of halogens is 2. The van der Waals surface area contributed by atoms with E-state index in [4.69, 9.17) is 0 Å². The van der Waals surface area contributed by atoms with Gasteiger partial charge in [-0.25, -0.2) is 4.39 Å². The van der Waals surface area contributed by atoms with Gasteiger partial charge in [-0.1, -0.05) is 15.9 Å². The highest BCUT2D eigenvalue weighted by Crippen LogP contribution is 2.33. The van der Waals surface area contributed by atoms with Crippen LogP contribution in [0.1, 0.15) is 25.7 Å². The van der Waals surface area contributed by atoms with Gasteiger partial charge in [-0.2, -0.15) is 0 Å². The van der Waals surface area contributed by atoms with E-state index < -0.39 is 10.7 Å². The molecular formula is C12H14BrFN2O3. The number of nitro groups is 1. The molecule has 1 aromatic rings. The van der Waals surface area contributed by atoms with Crippen molar-refractivity contribution in [2.24, 2.45) is 0 Å². The molecule has 0 radical (unpaired) electrons. The predicted octanol–water partition coefficient (Wildman–Crippen LogP) is 3.21. The Balaban J connectivity index is 2.21. The summed E-state index contributed by atoms with van der Waals surface area (Å²) in [6.07, 6.45) is 2.29. The fraction of sp³-hybridized carbons (Fsp3) is 0.500. The number of nitrogens with one attached hydrogen (secondary N) is 1. The van der Waals surface area contributed by atoms with Crippen molar-refractivity contribution < 1.29 is 14.4 Å². The van der Waals surface area contributed by atoms with E-state index in [-0.39, 0.29) is 23.5 Å². The summed E-state index contributed by atoms with van der Waals surface area (Å²) in [5, 5.41) is 23.3. The van der Waals surface area contributed by atoms with E-state index in [0.717, 1.165) is 0 Å². The molecule has 0 amide bonds. The van der Waals surface area contributed by atoms with Crippen LogP contribution in [0.3, 0.4) is 0 Å². The lowest BCUT2D eigenvalue weighted by Crippen LogP contribution is -2.28. The molecule has 2 N–H and O–H groups in total. The second kappa shape index (κ2) is 5.83. The zero-order valence-corrected chi connectivity index (χ0v) is 11.7. The van der Waals surface area contributed by atoms with Gasteiger partial charge in [0.15, 0.2) is 5.82 Å². The molecule has 104 valence electrons. The van der Waals surface area contributed by atoms with E-state index >= 15 is 0 Å². The SMILES string of the molecule is O=[N+]([O-])c1cc(Br)cc(F)c1NC1CCC(O)CC1. The van der Waals surface area contributed by atoms with Crippen LogP contribution in [0.5, 0.6) is 0 Å². The molecular weight excluding hydrogens is 319 g/mol. The van der Waals surface area contributed by atoms with Crippen LogP contribution in [0.25, 0.3) is 0 Å². The molecule has 1 aliphatic rings. The summed E-state index contributed by atoms with van der Waals surface area (Å²) in [6.45, 7) is 0. The van der Waals surface area contributed by atoms with Gasteiger partial charge in [0.25, 0.3) is 5.69 Å². The van der Waals surface area contributed by atoms with Gasteiger partial charge in [-0.05, 0) is 31.7 Å². The molecule has 0 heterocycles. The van der Waals surface area contributed by atoms with Crippen LogP contribution < -0.4 is 5.32 Å². The minimum absolute atomic E-state index is 0.0437. The lowest BCUT2D eigenvalue weighted by Gasteiger charge is -2.27. The Bertz CT molecular complexity index is 490. The van der Waals surface area contributed by atoms with Gasteiger partial charge in [0.1, 0.15) is 5.69 Å². The minimum Gasteiger partial charge on any atom is -0.393 e. The summed E-state index contributed by atoms with van der Waals surface area (Å²) in [6, 6.07) is 2.44. The highest BCUT2D eigenvalue weighted by molar-refractivity contribution is 9.10. The summed E-state index contributed by atoms with van der Waals surface area (Å²) >= 11 is 3.04. The Morgan fingerprint density at radius 1 is 1.37 bits per heavy atom. The number of hydrogen-bond acceptors (Lipinski definition) is 4. The first-order chi connectivity index (χ1) is 8.97. The van der Waals surface area contributed by atoms with Crippen molar-refractivity contribution in [2.45, 2.75) is 37.8 Å². The van der Waals surface area contributed by atoms with Crippen LogP contribution in [0.15, 0.2) is 16.6 Å². The van der Waals surface area contributed by atoms with Crippen LogP contribution >= 0.6 is 15.9 Å². The van der Waals surface area contributed by atoms with E-state index in [9.17, 15) is 19.6 Å². The van der Waals surface area contributed by atoms with Crippen molar-refractivity contribution in [1.82, 2.24) is 0 Å². The first-order valence-corrected chi connectivity index (χ1v) is 6.84. The zero-order chi connectivity index (χ0) is 14.0. The van der Waals surface area contributed by atoms with Crippen molar-refractivity contribution in [3.63, 3.8) is 0 Å². The Morgan fingerprint density at radius 3 is 2.58 bits per heavy atom. The summed E-state index contributed by atoms with van der Waals surface area (Å²) in [7, 11) is 0. The molecule has 19 heavy (non-hydrogen) atoms. The van der Waals surface area contributed by atoms with Crippen LogP contribution in [0.4, 0.5) is 15.8 Å². The van der Waals surface area contributed by atoms with Crippen LogP contribution in [0.2, 0.25) is 0 Å². The number of nitrogens with zero attached hydrogens (tertiary/aromatic N) is 1. The molecule has 1 fully saturated rings. The fourth-order valence-electron chi connectivity index (χ4n) is 2.27. The van der Waals surface area contributed by atoms with Crippen LogP contribution in [-0.2, 0) is 0 Å². The molecule has 1 saturated carbocycles. The molecule has 0 saturated heterocycles. The number of hydrogen-bond donors (Lipinski definition) is 2. The van der Waals surface area contributed by atoms with Gasteiger partial charge >= 0.3 is 0 Å². The lowest BCUT2D eigenvalue weighted by molar-refractivity contribution is -0.384. The predicted molar refractivity (Wildman–Crippen MR) is 72.6 cm³/mol. The quantitative estimate of drug-likeness (QED) is 0.658. The number of anilines is 1. The van der Waals surface area contributed by atoms with Crippen molar-refractivity contribution in [1.29, 1.82) is 0 Å². The molecule has 1 aromatic carbocycles. The average molecular weight is 333 g/mol. The maximum absolute atomic E-state index is 13.9. The number of rotatable bonds is 3. The lowest BCUT2D eigenvalue weighted by atomic mass is 9.93. The molecule has 1 aliphatic carbocycles. The van der Waals surface area contributed by atoms with Crippen molar-refractivity contribution in [2.75, 3.05) is 5.32 Å². The Kier molecular flexibility index (Phi) is 4.36. The minimum atomic E-state index is -0.646. The third-order valence-electron chi connectivity index (χ3n) is 3.28. The van der Waals surface area contributed by atoms with Gasteiger partial charge in [0.2, 0.25) is 0 Å². The number of aliphatic hydroxyl groups excluding tert-OH is 1. The molecule has 0 spiro atoms. The summed E-state index contributed by atoms with van der Waals surface area (Å²) in [4.78, 5) is 10.4. The molecule has 0 aromatic heterocycles. The number of nitro benzene ring substituents is 1. The molecule has 0 bridgehead atoms. The highest BCUT2D eigenvalue weighted by Gasteiger charge is 2.25. The van der Waals surface area contributed by atoms with E-state index in [1.165, 1.54) is 12.1 Å². The fourth-order valence-corrected chi connectivity index (χ4v) is 2.69. The normalized spacial score (nSPS) is 23.1. The molecule has 5 nitrogen and oxygen atoms in total. The van der Waals surface area contributed by atoms with Gasteiger partial charge in [0.05, 0.1) is 11.0 Å². The summed E-state index contributed by atoms with van der Waals surface area (Å²) in [5.41, 5.74) is -0.354. The maximum Gasteiger partial charge on any atom is 0.296 e. The first-order valence-electron chi connectivity index (χ1n) is 6.05. The number of benzene rings is 1. The first kappa shape index (κ1) is 14.2. The van der Waals surface area contributed by atoms with Crippen LogP contribution in [0, 0.1) is 15.9 Å². The number of aliphatic hydroxyl groups is 1. The second-order valence-corrected chi connectivity index (χ2v) is 5.60. The van der Waals surface area contributed by atoms with Gasteiger partial charge < -0.3 is 10.4 Å². The van der Waals surface area contributed by atoms with E-state index in [2.05, 4.69) is 21.2 Å². The average Bonchev–Trinajstić information content (AvgIpc) is 2.34. The summed E-state index contributed by atoms with van der Waals surface area (Å²) < 4.78 is 14.2. The molecule has 0 aliphatic heterocycles. The Labute approximate surface area is 118 Å². The molecule has 0 atom stereocenters. The standard InChI is InChI=1S/C12H14BrFN2O3/c13-7-5-10(14)12(11(6-7)16(18)19)15-8-1-3-9(17)4-2-8/h5-6,8-9,15,17H,1-4H2. The van der Waals surface area contributed by atoms with E-state index in [1.54, 1.807) is 0 Å². The molecule has 0 unspecified atom stereocenters. The van der Waals surface area contributed by atoms with Crippen molar-refractivity contribution in [3.8, 4) is 0 Å². The molecule has 2 rings (SSSR count).